The number of rotatable bonds is 5. The van der Waals surface area contributed by atoms with E-state index in [0.717, 1.165) is 17.0 Å². The molecule has 2 aromatic carbocycles. The highest BCUT2D eigenvalue weighted by Gasteiger charge is 2.28. The van der Waals surface area contributed by atoms with Gasteiger partial charge in [0.25, 0.3) is 5.91 Å². The Balaban J connectivity index is 1.44. The molecule has 1 atom stereocenters. The van der Waals surface area contributed by atoms with E-state index >= 15 is 0 Å². The largest absolute Gasteiger partial charge is 0.497 e. The first kappa shape index (κ1) is 19.7. The monoisotopic (exact) mass is 401 g/mol. The van der Waals surface area contributed by atoms with Gasteiger partial charge in [0.1, 0.15) is 17.5 Å². The van der Waals surface area contributed by atoms with Crippen LogP contribution in [0.3, 0.4) is 0 Å². The van der Waals surface area contributed by atoms with E-state index in [-0.39, 0.29) is 11.9 Å². The van der Waals surface area contributed by atoms with Gasteiger partial charge in [0.15, 0.2) is 0 Å². The molecule has 2 heterocycles. The van der Waals surface area contributed by atoms with Crippen molar-refractivity contribution >= 4 is 5.91 Å². The lowest BCUT2D eigenvalue weighted by Gasteiger charge is -2.37. The molecule has 1 aliphatic rings. The van der Waals surface area contributed by atoms with E-state index < -0.39 is 0 Å². The van der Waals surface area contributed by atoms with Crippen LogP contribution in [0.4, 0.5) is 0 Å². The van der Waals surface area contributed by atoms with Gasteiger partial charge in [-0.05, 0) is 29.8 Å². The Morgan fingerprint density at radius 1 is 1.07 bits per heavy atom. The summed E-state index contributed by atoms with van der Waals surface area (Å²) in [7, 11) is 1.62. The molecule has 0 N–H and O–H groups in total. The van der Waals surface area contributed by atoms with Crippen LogP contribution in [-0.2, 0) is 0 Å². The molecule has 1 fully saturated rings. The molecule has 1 aromatic heterocycles. The van der Waals surface area contributed by atoms with E-state index in [1.807, 2.05) is 64.1 Å². The molecule has 0 spiro atoms. The van der Waals surface area contributed by atoms with Crippen molar-refractivity contribution in [1.29, 1.82) is 5.26 Å². The minimum Gasteiger partial charge on any atom is -0.497 e. The Bertz CT molecular complexity index is 1030. The zero-order valence-electron chi connectivity index (χ0n) is 16.8. The van der Waals surface area contributed by atoms with Gasteiger partial charge in [0.05, 0.1) is 25.7 Å². The van der Waals surface area contributed by atoms with Gasteiger partial charge < -0.3 is 9.64 Å². The SMILES string of the molecule is COc1ccc(C(C#N)N2CCN(C(=O)c3cncn3-c3ccccc3)CC2)cc1. The Kier molecular flexibility index (Phi) is 5.77. The standard InChI is InChI=1S/C23H23N5O2/c1-30-20-9-7-18(8-10-20)21(15-24)26-11-13-27(14-12-26)23(29)22-16-25-17-28(22)19-5-3-2-4-6-19/h2-10,16-17,21H,11-14H2,1H3. The molecule has 0 aliphatic carbocycles. The molecular weight excluding hydrogens is 378 g/mol. The van der Waals surface area contributed by atoms with Gasteiger partial charge in [0.2, 0.25) is 0 Å². The number of carbonyl (C=O) groups is 1. The van der Waals surface area contributed by atoms with E-state index in [4.69, 9.17) is 4.74 Å². The normalized spacial score (nSPS) is 15.4. The second-order valence-electron chi connectivity index (χ2n) is 7.12. The molecular formula is C23H23N5O2. The minimum atomic E-state index is -0.344. The van der Waals surface area contributed by atoms with Crippen molar-refractivity contribution in [2.45, 2.75) is 6.04 Å². The molecule has 1 amide bonds. The number of para-hydroxylation sites is 1. The van der Waals surface area contributed by atoms with Gasteiger partial charge in [0, 0.05) is 31.9 Å². The maximum Gasteiger partial charge on any atom is 0.272 e. The maximum atomic E-state index is 13.1. The van der Waals surface area contributed by atoms with Crippen molar-refractivity contribution in [2.24, 2.45) is 0 Å². The second-order valence-corrected chi connectivity index (χ2v) is 7.12. The van der Waals surface area contributed by atoms with Crippen LogP contribution in [0.15, 0.2) is 67.1 Å². The number of methoxy groups -OCH3 is 1. The number of piperazine rings is 1. The Morgan fingerprint density at radius 3 is 2.40 bits per heavy atom. The molecule has 30 heavy (non-hydrogen) atoms. The van der Waals surface area contributed by atoms with Gasteiger partial charge in [-0.3, -0.25) is 14.3 Å². The summed E-state index contributed by atoms with van der Waals surface area (Å²) >= 11 is 0. The molecule has 1 saturated heterocycles. The third-order valence-electron chi connectivity index (χ3n) is 5.41. The zero-order valence-corrected chi connectivity index (χ0v) is 16.8. The summed E-state index contributed by atoms with van der Waals surface area (Å²) in [6.07, 6.45) is 3.27. The van der Waals surface area contributed by atoms with Crippen molar-refractivity contribution < 1.29 is 9.53 Å². The molecule has 1 unspecified atom stereocenters. The Hall–Kier alpha value is -3.63. The Morgan fingerprint density at radius 2 is 1.77 bits per heavy atom. The first-order chi connectivity index (χ1) is 14.7. The molecule has 4 rings (SSSR count). The van der Waals surface area contributed by atoms with Crippen molar-refractivity contribution in [3.63, 3.8) is 0 Å². The lowest BCUT2D eigenvalue weighted by atomic mass is 10.1. The number of ether oxygens (including phenoxy) is 1. The fourth-order valence-corrected chi connectivity index (χ4v) is 3.75. The molecule has 0 radical (unpaired) electrons. The second kappa shape index (κ2) is 8.80. The van der Waals surface area contributed by atoms with Gasteiger partial charge in [-0.15, -0.1) is 0 Å². The minimum absolute atomic E-state index is 0.0473. The highest BCUT2D eigenvalue weighted by atomic mass is 16.5. The van der Waals surface area contributed by atoms with Gasteiger partial charge >= 0.3 is 0 Å². The van der Waals surface area contributed by atoms with Crippen LogP contribution < -0.4 is 4.74 Å². The topological polar surface area (TPSA) is 74.4 Å². The first-order valence-corrected chi connectivity index (χ1v) is 9.86. The van der Waals surface area contributed by atoms with Crippen molar-refractivity contribution in [3.05, 3.63) is 78.4 Å². The molecule has 3 aromatic rings. The average Bonchev–Trinajstić information content (AvgIpc) is 3.30. The van der Waals surface area contributed by atoms with E-state index in [1.54, 1.807) is 19.6 Å². The van der Waals surface area contributed by atoms with Crippen LogP contribution in [0.2, 0.25) is 0 Å². The Labute approximate surface area is 175 Å². The number of aromatic nitrogens is 2. The van der Waals surface area contributed by atoms with Gasteiger partial charge in [-0.2, -0.15) is 5.26 Å². The highest BCUT2D eigenvalue weighted by Crippen LogP contribution is 2.24. The van der Waals surface area contributed by atoms with Crippen LogP contribution in [0.5, 0.6) is 5.75 Å². The van der Waals surface area contributed by atoms with Crippen LogP contribution in [0.1, 0.15) is 22.1 Å². The maximum absolute atomic E-state index is 13.1. The molecule has 0 saturated carbocycles. The zero-order chi connectivity index (χ0) is 20.9. The van der Waals surface area contributed by atoms with E-state index in [2.05, 4.69) is 16.0 Å². The van der Waals surface area contributed by atoms with Gasteiger partial charge in [-0.1, -0.05) is 30.3 Å². The van der Waals surface area contributed by atoms with E-state index in [0.29, 0.717) is 31.9 Å². The number of benzene rings is 2. The van der Waals surface area contributed by atoms with Crippen LogP contribution in [0, 0.1) is 11.3 Å². The van der Waals surface area contributed by atoms with E-state index in [9.17, 15) is 10.1 Å². The molecule has 152 valence electrons. The highest BCUT2D eigenvalue weighted by molar-refractivity contribution is 5.93. The predicted molar refractivity (Wildman–Crippen MR) is 112 cm³/mol. The van der Waals surface area contributed by atoms with E-state index in [1.165, 1.54) is 0 Å². The van der Waals surface area contributed by atoms with Crippen molar-refractivity contribution in [1.82, 2.24) is 19.4 Å². The first-order valence-electron chi connectivity index (χ1n) is 9.86. The number of amides is 1. The average molecular weight is 401 g/mol. The third-order valence-corrected chi connectivity index (χ3v) is 5.41. The van der Waals surface area contributed by atoms with Crippen molar-refractivity contribution in [2.75, 3.05) is 33.3 Å². The van der Waals surface area contributed by atoms with Crippen LogP contribution in [-0.4, -0.2) is 58.5 Å². The summed E-state index contributed by atoms with van der Waals surface area (Å²) < 4.78 is 7.01. The number of nitrogens with zero attached hydrogens (tertiary/aromatic N) is 5. The summed E-state index contributed by atoms with van der Waals surface area (Å²) in [5.74, 6) is 0.717. The summed E-state index contributed by atoms with van der Waals surface area (Å²) in [6.45, 7) is 2.39. The number of carbonyl (C=O) groups excluding carboxylic acids is 1. The quantitative estimate of drug-likeness (QED) is 0.657. The smallest absolute Gasteiger partial charge is 0.272 e. The third kappa shape index (κ3) is 3.91. The number of imidazole rings is 1. The molecule has 7 heteroatoms. The van der Waals surface area contributed by atoms with Gasteiger partial charge in [-0.25, -0.2) is 4.98 Å². The number of nitriles is 1. The fourth-order valence-electron chi connectivity index (χ4n) is 3.75. The number of hydrogen-bond donors (Lipinski definition) is 0. The lowest BCUT2D eigenvalue weighted by Crippen LogP contribution is -2.49. The summed E-state index contributed by atoms with van der Waals surface area (Å²) in [4.78, 5) is 21.2. The lowest BCUT2D eigenvalue weighted by molar-refractivity contribution is 0.0598. The fraction of sp³-hybridized carbons (Fsp3) is 0.261. The summed E-state index contributed by atoms with van der Waals surface area (Å²) in [5.41, 5.74) is 2.38. The number of hydrogen-bond acceptors (Lipinski definition) is 5. The summed E-state index contributed by atoms with van der Waals surface area (Å²) in [5, 5.41) is 9.73. The van der Waals surface area contributed by atoms with Crippen molar-refractivity contribution in [3.8, 4) is 17.5 Å². The van der Waals surface area contributed by atoms with Crippen LogP contribution in [0.25, 0.3) is 5.69 Å². The summed E-state index contributed by atoms with van der Waals surface area (Å²) in [6, 6.07) is 19.3. The molecule has 0 bridgehead atoms. The predicted octanol–water partition coefficient (Wildman–Crippen LogP) is 2.90. The molecule has 1 aliphatic heterocycles. The molecule has 7 nitrogen and oxygen atoms in total. The van der Waals surface area contributed by atoms with Crippen LogP contribution >= 0.6 is 0 Å².